The van der Waals surface area contributed by atoms with E-state index in [4.69, 9.17) is 28.4 Å². The minimum Gasteiger partial charge on any atom is -0.463 e. The number of benzene rings is 1. The van der Waals surface area contributed by atoms with E-state index in [9.17, 15) is 19.2 Å². The number of rotatable bonds is 19. The Morgan fingerprint density at radius 2 is 0.958 bits per heavy atom. The Labute approximate surface area is 288 Å². The van der Waals surface area contributed by atoms with Crippen LogP contribution in [0.2, 0.25) is 0 Å². The molecule has 0 saturated carbocycles. The van der Waals surface area contributed by atoms with Crippen LogP contribution >= 0.6 is 0 Å². The van der Waals surface area contributed by atoms with Crippen LogP contribution in [0, 0.1) is 0 Å². The molecule has 278 valence electrons. The maximum atomic E-state index is 11.9. The van der Waals surface area contributed by atoms with Gasteiger partial charge in [-0.05, 0) is 74.9 Å². The lowest BCUT2D eigenvalue weighted by molar-refractivity contribution is -0.157. The normalized spacial score (nSPS) is 11.6. The fourth-order valence-electron chi connectivity index (χ4n) is 3.49. The number of likely N-dealkylation sites (N-methyl/N-ethyl adjacent to an activating group) is 1. The fraction of sp³-hybridized carbons (Fsp3) is 0.722. The maximum Gasteiger partial charge on any atom is 0.308 e. The number of esters is 3. The summed E-state index contributed by atoms with van der Waals surface area (Å²) in [6.07, 6.45) is 0.322. The van der Waals surface area contributed by atoms with E-state index < -0.39 is 22.3 Å². The molecule has 48 heavy (non-hydrogen) atoms. The van der Waals surface area contributed by atoms with E-state index in [1.165, 1.54) is 0 Å². The van der Waals surface area contributed by atoms with Gasteiger partial charge in [0.1, 0.15) is 23.4 Å². The number of ether oxygens (including phenoxy) is 7. The van der Waals surface area contributed by atoms with Crippen molar-refractivity contribution in [1.29, 1.82) is 0 Å². The van der Waals surface area contributed by atoms with E-state index in [-0.39, 0.29) is 76.8 Å². The average Bonchev–Trinajstić information content (AvgIpc) is 2.97. The molecule has 0 fully saturated rings. The summed E-state index contributed by atoms with van der Waals surface area (Å²) >= 11 is 0. The summed E-state index contributed by atoms with van der Waals surface area (Å²) < 4.78 is 37.7. The minimum atomic E-state index is -0.768. The van der Waals surface area contributed by atoms with E-state index in [1.54, 1.807) is 69.4 Å². The van der Waals surface area contributed by atoms with Gasteiger partial charge in [-0.1, -0.05) is 44.2 Å². The number of hydrogen-bond donors (Lipinski definition) is 1. The second kappa shape index (κ2) is 25.0. The second-order valence-electron chi connectivity index (χ2n) is 13.6. The molecule has 12 nitrogen and oxygen atoms in total. The van der Waals surface area contributed by atoms with Gasteiger partial charge in [-0.15, -0.1) is 0 Å². The molecular formula is C36H63NO11. The molecule has 12 heteroatoms. The van der Waals surface area contributed by atoms with Crippen LogP contribution in [0.5, 0.6) is 0 Å². The molecule has 0 aliphatic heterocycles. The summed E-state index contributed by atoms with van der Waals surface area (Å²) in [5.74, 6) is -1.04. The van der Waals surface area contributed by atoms with Gasteiger partial charge >= 0.3 is 17.9 Å². The summed E-state index contributed by atoms with van der Waals surface area (Å²) in [5.41, 5.74) is -1.44. The van der Waals surface area contributed by atoms with Crippen molar-refractivity contribution in [2.45, 2.75) is 124 Å². The third kappa shape index (κ3) is 29.1. The van der Waals surface area contributed by atoms with E-state index in [0.29, 0.717) is 13.1 Å². The van der Waals surface area contributed by atoms with Crippen molar-refractivity contribution in [3.8, 4) is 0 Å². The first-order valence-corrected chi connectivity index (χ1v) is 16.5. The third-order valence-electron chi connectivity index (χ3n) is 5.44. The van der Waals surface area contributed by atoms with Crippen molar-refractivity contribution >= 4 is 24.4 Å². The maximum absolute atomic E-state index is 11.9. The Bertz CT molecular complexity index is 921. The van der Waals surface area contributed by atoms with Crippen LogP contribution in [-0.4, -0.2) is 93.4 Å². The SMILES string of the molecule is CC.CNC(COCCC(=O)OC(C)(C)C)(COCCC(=O)OC(C)(C)C)COCCC(=O)OC(C)(C)C.O=COCc1ccccc1. The van der Waals surface area contributed by atoms with Gasteiger partial charge in [0, 0.05) is 0 Å². The lowest BCUT2D eigenvalue weighted by Crippen LogP contribution is -2.55. The van der Waals surface area contributed by atoms with Gasteiger partial charge in [-0.2, -0.15) is 0 Å². The molecule has 1 rings (SSSR count). The highest BCUT2D eigenvalue weighted by atomic mass is 16.6. The van der Waals surface area contributed by atoms with Crippen molar-refractivity contribution < 1.29 is 52.3 Å². The van der Waals surface area contributed by atoms with E-state index >= 15 is 0 Å². The van der Waals surface area contributed by atoms with E-state index in [1.807, 2.05) is 44.2 Å². The zero-order chi connectivity index (χ0) is 37.3. The monoisotopic (exact) mass is 685 g/mol. The Kier molecular flexibility index (Phi) is 24.5. The topological polar surface area (TPSA) is 145 Å². The summed E-state index contributed by atoms with van der Waals surface area (Å²) in [6, 6.07) is 9.55. The Balaban J connectivity index is 0. The molecule has 0 aliphatic carbocycles. The predicted molar refractivity (Wildman–Crippen MR) is 184 cm³/mol. The molecule has 0 aliphatic rings. The first-order valence-electron chi connectivity index (χ1n) is 16.5. The van der Waals surface area contributed by atoms with Crippen molar-refractivity contribution in [2.24, 2.45) is 0 Å². The molecule has 0 heterocycles. The molecule has 0 amide bonds. The van der Waals surface area contributed by atoms with Crippen molar-refractivity contribution in [1.82, 2.24) is 5.32 Å². The van der Waals surface area contributed by atoms with Gasteiger partial charge in [0.15, 0.2) is 0 Å². The zero-order valence-corrected chi connectivity index (χ0v) is 31.5. The Morgan fingerprint density at radius 3 is 1.23 bits per heavy atom. The first-order chi connectivity index (χ1) is 22.3. The first kappa shape index (κ1) is 47.1. The highest BCUT2D eigenvalue weighted by Gasteiger charge is 2.31. The molecule has 0 saturated heterocycles. The molecule has 1 aromatic carbocycles. The summed E-state index contributed by atoms with van der Waals surface area (Å²) in [6.45, 7) is 22.1. The second-order valence-corrected chi connectivity index (χ2v) is 13.6. The van der Waals surface area contributed by atoms with Gasteiger partial charge in [-0.25, -0.2) is 0 Å². The van der Waals surface area contributed by atoms with Gasteiger partial charge in [0.05, 0.1) is 64.4 Å². The van der Waals surface area contributed by atoms with Crippen LogP contribution in [0.25, 0.3) is 0 Å². The van der Waals surface area contributed by atoms with Crippen molar-refractivity contribution in [3.05, 3.63) is 35.9 Å². The van der Waals surface area contributed by atoms with Crippen LogP contribution in [0.3, 0.4) is 0 Å². The lowest BCUT2D eigenvalue weighted by Gasteiger charge is -2.33. The zero-order valence-electron chi connectivity index (χ0n) is 31.5. The highest BCUT2D eigenvalue weighted by molar-refractivity contribution is 5.70. The molecule has 0 atom stereocenters. The van der Waals surface area contributed by atoms with Crippen LogP contribution in [0.1, 0.15) is 101 Å². The number of carbonyl (C=O) groups is 4. The molecule has 1 N–H and O–H groups in total. The van der Waals surface area contributed by atoms with Gasteiger partial charge < -0.3 is 38.5 Å². The molecule has 0 bridgehead atoms. The quantitative estimate of drug-likeness (QED) is 0.0841. The van der Waals surface area contributed by atoms with Gasteiger partial charge in [0.25, 0.3) is 6.47 Å². The number of carbonyl (C=O) groups excluding carboxylic acids is 4. The minimum absolute atomic E-state index is 0.107. The fourth-order valence-corrected chi connectivity index (χ4v) is 3.49. The average molecular weight is 686 g/mol. The van der Waals surface area contributed by atoms with E-state index in [0.717, 1.165) is 5.56 Å². The van der Waals surface area contributed by atoms with Gasteiger partial charge in [0.2, 0.25) is 0 Å². The van der Waals surface area contributed by atoms with Crippen LogP contribution in [0.4, 0.5) is 0 Å². The van der Waals surface area contributed by atoms with Gasteiger partial charge in [-0.3, -0.25) is 19.2 Å². The molecule has 0 aromatic heterocycles. The van der Waals surface area contributed by atoms with Crippen LogP contribution < -0.4 is 5.32 Å². The Morgan fingerprint density at radius 1 is 0.625 bits per heavy atom. The number of hydrogen-bond acceptors (Lipinski definition) is 12. The van der Waals surface area contributed by atoms with Crippen molar-refractivity contribution in [3.63, 3.8) is 0 Å². The van der Waals surface area contributed by atoms with Crippen LogP contribution in [-0.2, 0) is 58.9 Å². The summed E-state index contributed by atoms with van der Waals surface area (Å²) in [7, 11) is 1.74. The molecule has 0 unspecified atom stereocenters. The summed E-state index contributed by atoms with van der Waals surface area (Å²) in [5, 5.41) is 3.17. The lowest BCUT2D eigenvalue weighted by atomic mass is 10.0. The molecule has 0 radical (unpaired) electrons. The largest absolute Gasteiger partial charge is 0.463 e. The number of nitrogens with one attached hydrogen (secondary N) is 1. The highest BCUT2D eigenvalue weighted by Crippen LogP contribution is 2.13. The third-order valence-corrected chi connectivity index (χ3v) is 5.44. The molecule has 0 spiro atoms. The summed E-state index contributed by atoms with van der Waals surface area (Å²) in [4.78, 5) is 45.6. The standard InChI is InChI=1S/C26H49NO9.C8H8O2.C2H6/c1-23(2,3)34-20(28)11-14-31-17-26(27-10,18-32-15-12-21(29)35-24(4,5)6)19-33-16-13-22(30)36-25(7,8)9;9-7-10-6-8-4-2-1-3-5-8;1-2/h27H,11-19H2,1-10H3;1-5,7H,6H2;1-2H3. The van der Waals surface area contributed by atoms with E-state index in [2.05, 4.69) is 10.1 Å². The smallest absolute Gasteiger partial charge is 0.308 e. The molecular weight excluding hydrogens is 622 g/mol. The predicted octanol–water partition coefficient (Wildman–Crippen LogP) is 5.58. The Hall–Kier alpha value is -3.06. The van der Waals surface area contributed by atoms with Crippen LogP contribution in [0.15, 0.2) is 30.3 Å². The molecule has 1 aromatic rings. The van der Waals surface area contributed by atoms with Crippen molar-refractivity contribution in [2.75, 3.05) is 46.7 Å².